The third-order valence-electron chi connectivity index (χ3n) is 2.94. The second-order valence-corrected chi connectivity index (χ2v) is 4.67. The van der Waals surface area contributed by atoms with Crippen LogP contribution in [0.1, 0.15) is 31.2 Å². The summed E-state index contributed by atoms with van der Waals surface area (Å²) < 4.78 is 5.11. The van der Waals surface area contributed by atoms with E-state index in [9.17, 15) is 9.59 Å². The first kappa shape index (κ1) is 16.8. The van der Waals surface area contributed by atoms with Gasteiger partial charge in [0, 0.05) is 19.5 Å². The van der Waals surface area contributed by atoms with Crippen LogP contribution in [-0.2, 0) is 11.3 Å². The van der Waals surface area contributed by atoms with Gasteiger partial charge in [-0.1, -0.05) is 18.6 Å². The van der Waals surface area contributed by atoms with E-state index in [1.165, 1.54) is 0 Å². The van der Waals surface area contributed by atoms with Gasteiger partial charge in [-0.2, -0.15) is 0 Å². The lowest BCUT2D eigenvalue weighted by molar-refractivity contribution is -0.137. The van der Waals surface area contributed by atoms with Gasteiger partial charge >= 0.3 is 12.0 Å². The predicted molar refractivity (Wildman–Crippen MR) is 79.3 cm³/mol. The van der Waals surface area contributed by atoms with Crippen LogP contribution in [0.3, 0.4) is 0 Å². The lowest BCUT2D eigenvalue weighted by Gasteiger charge is -2.08. The largest absolute Gasteiger partial charge is 0.497 e. The van der Waals surface area contributed by atoms with E-state index in [-0.39, 0.29) is 12.5 Å². The Bertz CT molecular complexity index is 463. The molecule has 0 fully saturated rings. The minimum Gasteiger partial charge on any atom is -0.497 e. The molecule has 0 radical (unpaired) electrons. The number of carboxylic acids is 1. The number of carbonyl (C=O) groups is 2. The molecule has 1 rings (SSSR count). The number of rotatable bonds is 9. The van der Waals surface area contributed by atoms with Crippen LogP contribution in [-0.4, -0.2) is 30.8 Å². The molecule has 0 unspecified atom stereocenters. The van der Waals surface area contributed by atoms with Gasteiger partial charge < -0.3 is 20.5 Å². The van der Waals surface area contributed by atoms with Crippen LogP contribution in [0.25, 0.3) is 0 Å². The summed E-state index contributed by atoms with van der Waals surface area (Å²) in [6, 6.07) is 7.27. The Kier molecular flexibility index (Phi) is 7.71. The minimum absolute atomic E-state index is 0.183. The number of unbranched alkanes of at least 4 members (excludes halogenated alkanes) is 2. The summed E-state index contributed by atoms with van der Waals surface area (Å²) >= 11 is 0. The van der Waals surface area contributed by atoms with Crippen molar-refractivity contribution in [3.05, 3.63) is 29.8 Å². The molecule has 0 aliphatic heterocycles. The number of hydrogen-bond donors (Lipinski definition) is 3. The Morgan fingerprint density at radius 2 is 2.00 bits per heavy atom. The molecule has 116 valence electrons. The SMILES string of the molecule is COc1cccc(CNC(=O)NCCCCCC(=O)O)c1. The van der Waals surface area contributed by atoms with Crippen molar-refractivity contribution in [3.8, 4) is 5.75 Å². The number of hydrogen-bond acceptors (Lipinski definition) is 3. The molecule has 0 spiro atoms. The summed E-state index contributed by atoms with van der Waals surface area (Å²) in [7, 11) is 1.60. The lowest BCUT2D eigenvalue weighted by Crippen LogP contribution is -2.35. The van der Waals surface area contributed by atoms with Crippen LogP contribution < -0.4 is 15.4 Å². The van der Waals surface area contributed by atoms with Gasteiger partial charge in [-0.05, 0) is 30.5 Å². The molecule has 6 heteroatoms. The number of aliphatic carboxylic acids is 1. The van der Waals surface area contributed by atoms with E-state index in [1.807, 2.05) is 24.3 Å². The molecule has 2 amide bonds. The maximum absolute atomic E-state index is 11.6. The molecule has 1 aromatic rings. The normalized spacial score (nSPS) is 9.95. The molecule has 0 aliphatic rings. The smallest absolute Gasteiger partial charge is 0.315 e. The maximum atomic E-state index is 11.6. The molecule has 21 heavy (non-hydrogen) atoms. The number of amides is 2. The highest BCUT2D eigenvalue weighted by Gasteiger charge is 2.01. The summed E-state index contributed by atoms with van der Waals surface area (Å²) in [5.41, 5.74) is 0.964. The standard InChI is InChI=1S/C15H22N2O4/c1-21-13-7-5-6-12(10-13)11-17-15(20)16-9-4-2-3-8-14(18)19/h5-7,10H,2-4,8-9,11H2,1H3,(H,18,19)(H2,16,17,20). The highest BCUT2D eigenvalue weighted by atomic mass is 16.5. The molecule has 0 saturated carbocycles. The fraction of sp³-hybridized carbons (Fsp3) is 0.467. The first-order chi connectivity index (χ1) is 10.1. The number of methoxy groups -OCH3 is 1. The van der Waals surface area contributed by atoms with Crippen molar-refractivity contribution in [2.24, 2.45) is 0 Å². The summed E-state index contributed by atoms with van der Waals surface area (Å²) in [6.45, 7) is 0.978. The molecular weight excluding hydrogens is 272 g/mol. The van der Waals surface area contributed by atoms with Crippen molar-refractivity contribution in [1.82, 2.24) is 10.6 Å². The van der Waals surface area contributed by atoms with Gasteiger partial charge in [0.05, 0.1) is 7.11 Å². The molecule has 1 aromatic carbocycles. The zero-order chi connectivity index (χ0) is 15.5. The van der Waals surface area contributed by atoms with Crippen LogP contribution in [0.5, 0.6) is 5.75 Å². The number of benzene rings is 1. The Morgan fingerprint density at radius 3 is 2.71 bits per heavy atom. The van der Waals surface area contributed by atoms with Crippen molar-refractivity contribution in [3.63, 3.8) is 0 Å². The van der Waals surface area contributed by atoms with Gasteiger partial charge in [0.1, 0.15) is 5.75 Å². The number of carboxylic acid groups (broad SMARTS) is 1. The van der Waals surface area contributed by atoms with E-state index in [0.29, 0.717) is 19.5 Å². The molecule has 6 nitrogen and oxygen atoms in total. The van der Waals surface area contributed by atoms with Gasteiger partial charge in [0.2, 0.25) is 0 Å². The Labute approximate surface area is 124 Å². The van der Waals surface area contributed by atoms with Crippen molar-refractivity contribution < 1.29 is 19.4 Å². The van der Waals surface area contributed by atoms with Gasteiger partial charge in [-0.25, -0.2) is 4.79 Å². The second kappa shape index (κ2) is 9.63. The molecule has 0 aromatic heterocycles. The first-order valence-corrected chi connectivity index (χ1v) is 6.98. The summed E-state index contributed by atoms with van der Waals surface area (Å²) in [4.78, 5) is 21.9. The molecular formula is C15H22N2O4. The third-order valence-corrected chi connectivity index (χ3v) is 2.94. The number of nitrogens with one attached hydrogen (secondary N) is 2. The van der Waals surface area contributed by atoms with Gasteiger partial charge in [0.25, 0.3) is 0 Å². The van der Waals surface area contributed by atoms with E-state index in [1.54, 1.807) is 7.11 Å². The van der Waals surface area contributed by atoms with Crippen LogP contribution in [0.4, 0.5) is 4.79 Å². The highest BCUT2D eigenvalue weighted by molar-refractivity contribution is 5.73. The van der Waals surface area contributed by atoms with E-state index >= 15 is 0 Å². The third kappa shape index (κ3) is 7.81. The Morgan fingerprint density at radius 1 is 1.19 bits per heavy atom. The number of carbonyl (C=O) groups excluding carboxylic acids is 1. The van der Waals surface area contributed by atoms with E-state index in [2.05, 4.69) is 10.6 Å². The van der Waals surface area contributed by atoms with Crippen molar-refractivity contribution >= 4 is 12.0 Å². The van der Waals surface area contributed by atoms with Crippen molar-refractivity contribution in [1.29, 1.82) is 0 Å². The summed E-state index contributed by atoms with van der Waals surface area (Å²) in [5, 5.41) is 14.0. The average Bonchev–Trinajstić information content (AvgIpc) is 2.48. The first-order valence-electron chi connectivity index (χ1n) is 6.98. The van der Waals surface area contributed by atoms with Crippen LogP contribution in [0.15, 0.2) is 24.3 Å². The molecule has 3 N–H and O–H groups in total. The monoisotopic (exact) mass is 294 g/mol. The Hall–Kier alpha value is -2.24. The second-order valence-electron chi connectivity index (χ2n) is 4.67. The zero-order valence-electron chi connectivity index (χ0n) is 12.2. The molecule has 0 atom stereocenters. The average molecular weight is 294 g/mol. The maximum Gasteiger partial charge on any atom is 0.315 e. The van der Waals surface area contributed by atoms with Crippen LogP contribution in [0, 0.1) is 0 Å². The van der Waals surface area contributed by atoms with Crippen molar-refractivity contribution in [2.75, 3.05) is 13.7 Å². The fourth-order valence-electron chi connectivity index (χ4n) is 1.81. The van der Waals surface area contributed by atoms with Gasteiger partial charge in [-0.15, -0.1) is 0 Å². The summed E-state index contributed by atoms with van der Waals surface area (Å²) in [6.07, 6.45) is 2.40. The van der Waals surface area contributed by atoms with Crippen LogP contribution >= 0.6 is 0 Å². The topological polar surface area (TPSA) is 87.7 Å². The lowest BCUT2D eigenvalue weighted by atomic mass is 10.2. The summed E-state index contributed by atoms with van der Waals surface area (Å²) in [5.74, 6) is -0.0212. The number of ether oxygens (including phenoxy) is 1. The molecule has 0 bridgehead atoms. The quantitative estimate of drug-likeness (QED) is 0.609. The molecule has 0 aliphatic carbocycles. The van der Waals surface area contributed by atoms with E-state index in [0.717, 1.165) is 24.2 Å². The molecule has 0 heterocycles. The predicted octanol–water partition coefficient (Wildman–Crippen LogP) is 2.14. The zero-order valence-corrected chi connectivity index (χ0v) is 12.2. The fourth-order valence-corrected chi connectivity index (χ4v) is 1.81. The minimum atomic E-state index is -0.779. The van der Waals surface area contributed by atoms with E-state index in [4.69, 9.17) is 9.84 Å². The van der Waals surface area contributed by atoms with E-state index < -0.39 is 5.97 Å². The highest BCUT2D eigenvalue weighted by Crippen LogP contribution is 2.11. The Balaban J connectivity index is 2.12. The van der Waals surface area contributed by atoms with Gasteiger partial charge in [0.15, 0.2) is 0 Å². The van der Waals surface area contributed by atoms with Crippen LogP contribution in [0.2, 0.25) is 0 Å². The van der Waals surface area contributed by atoms with Crippen molar-refractivity contribution in [2.45, 2.75) is 32.2 Å². The van der Waals surface area contributed by atoms with Gasteiger partial charge in [-0.3, -0.25) is 4.79 Å². The number of urea groups is 1. The molecule has 0 saturated heterocycles.